The van der Waals surface area contributed by atoms with Crippen molar-refractivity contribution in [3.05, 3.63) is 35.4 Å². The molecule has 102 valence electrons. The molecule has 0 amide bonds. The molecule has 2 aromatic heterocycles. The van der Waals surface area contributed by atoms with E-state index in [9.17, 15) is 5.11 Å². The first-order valence-corrected chi connectivity index (χ1v) is 7.42. The Labute approximate surface area is 118 Å². The number of aliphatic hydroxyl groups excluding tert-OH is 1. The maximum Gasteiger partial charge on any atom is 0.0995 e. The summed E-state index contributed by atoms with van der Waals surface area (Å²) in [6.45, 7) is 0. The van der Waals surface area contributed by atoms with Crippen LogP contribution in [0, 0.1) is 5.92 Å². The number of aliphatic hydroxyl groups is 1. The number of imidazole rings is 1. The molecule has 2 aromatic rings. The van der Waals surface area contributed by atoms with Gasteiger partial charge in [0.1, 0.15) is 0 Å². The molecule has 1 saturated carbocycles. The highest BCUT2D eigenvalue weighted by Gasteiger charge is 2.20. The van der Waals surface area contributed by atoms with E-state index in [1.54, 1.807) is 12.5 Å². The zero-order valence-electron chi connectivity index (χ0n) is 10.9. The van der Waals surface area contributed by atoms with Gasteiger partial charge >= 0.3 is 0 Å². The normalized spacial score (nSPS) is 18.8. The van der Waals surface area contributed by atoms with Crippen molar-refractivity contribution < 1.29 is 5.11 Å². The Morgan fingerprint density at radius 1 is 1.32 bits per heavy atom. The van der Waals surface area contributed by atoms with Crippen molar-refractivity contribution in [2.75, 3.05) is 0 Å². The summed E-state index contributed by atoms with van der Waals surface area (Å²) in [7, 11) is 0. The maximum atomic E-state index is 10.5. The van der Waals surface area contributed by atoms with Crippen molar-refractivity contribution in [1.29, 1.82) is 0 Å². The summed E-state index contributed by atoms with van der Waals surface area (Å²) in [4.78, 5) is 4.12. The molecule has 1 unspecified atom stereocenters. The van der Waals surface area contributed by atoms with Crippen LogP contribution >= 0.6 is 11.6 Å². The highest BCUT2D eigenvalue weighted by atomic mass is 35.5. The fourth-order valence-corrected chi connectivity index (χ4v) is 3.34. The molecule has 3 rings (SSSR count). The third kappa shape index (κ3) is 2.63. The second kappa shape index (κ2) is 5.51. The lowest BCUT2D eigenvalue weighted by atomic mass is 9.85. The molecule has 0 bridgehead atoms. The molecular weight excluding hydrogens is 260 g/mol. The van der Waals surface area contributed by atoms with E-state index in [0.717, 1.165) is 17.6 Å². The molecule has 2 heterocycles. The van der Waals surface area contributed by atoms with Gasteiger partial charge in [-0.3, -0.25) is 4.40 Å². The van der Waals surface area contributed by atoms with Crippen molar-refractivity contribution in [2.45, 2.75) is 44.6 Å². The summed E-state index contributed by atoms with van der Waals surface area (Å²) < 4.78 is 1.90. The van der Waals surface area contributed by atoms with Crippen LogP contribution in [0.5, 0.6) is 0 Å². The number of hydrogen-bond acceptors (Lipinski definition) is 2. The second-order valence-electron chi connectivity index (χ2n) is 5.51. The fraction of sp³-hybridized carbons (Fsp3) is 0.533. The van der Waals surface area contributed by atoms with Gasteiger partial charge in [0, 0.05) is 0 Å². The van der Waals surface area contributed by atoms with E-state index in [1.165, 1.54) is 32.1 Å². The maximum absolute atomic E-state index is 10.5. The van der Waals surface area contributed by atoms with E-state index in [0.29, 0.717) is 10.9 Å². The third-order valence-electron chi connectivity index (χ3n) is 4.18. The van der Waals surface area contributed by atoms with Gasteiger partial charge in [-0.2, -0.15) is 0 Å². The topological polar surface area (TPSA) is 37.5 Å². The van der Waals surface area contributed by atoms with Crippen molar-refractivity contribution >= 4 is 17.1 Å². The van der Waals surface area contributed by atoms with Gasteiger partial charge in [0.05, 0.1) is 34.9 Å². The molecule has 3 nitrogen and oxygen atoms in total. The molecule has 0 aromatic carbocycles. The van der Waals surface area contributed by atoms with Crippen molar-refractivity contribution in [2.24, 2.45) is 5.92 Å². The Balaban J connectivity index is 1.82. The number of aromatic nitrogens is 2. The first kappa shape index (κ1) is 12.9. The van der Waals surface area contributed by atoms with Crippen LogP contribution in [0.2, 0.25) is 5.02 Å². The van der Waals surface area contributed by atoms with Crippen molar-refractivity contribution in [1.82, 2.24) is 9.38 Å². The largest absolute Gasteiger partial charge is 0.387 e. The Morgan fingerprint density at radius 2 is 2.11 bits per heavy atom. The van der Waals surface area contributed by atoms with Crippen LogP contribution in [-0.4, -0.2) is 14.5 Å². The number of nitrogens with zero attached hydrogens (tertiary/aromatic N) is 2. The van der Waals surface area contributed by atoms with E-state index >= 15 is 0 Å². The van der Waals surface area contributed by atoms with Gasteiger partial charge in [-0.15, -0.1) is 0 Å². The van der Waals surface area contributed by atoms with Crippen LogP contribution in [0.25, 0.3) is 5.52 Å². The van der Waals surface area contributed by atoms with E-state index in [-0.39, 0.29) is 0 Å². The van der Waals surface area contributed by atoms with Crippen LogP contribution in [0.4, 0.5) is 0 Å². The van der Waals surface area contributed by atoms with Crippen LogP contribution in [0.1, 0.15) is 50.3 Å². The number of halogens is 1. The zero-order chi connectivity index (χ0) is 13.2. The number of rotatable bonds is 3. The summed E-state index contributed by atoms with van der Waals surface area (Å²) in [6, 6.07) is 3.75. The minimum Gasteiger partial charge on any atom is -0.387 e. The summed E-state index contributed by atoms with van der Waals surface area (Å²) in [5.41, 5.74) is 1.75. The van der Waals surface area contributed by atoms with Crippen LogP contribution in [0.3, 0.4) is 0 Å². The van der Waals surface area contributed by atoms with Crippen molar-refractivity contribution in [3.63, 3.8) is 0 Å². The van der Waals surface area contributed by atoms with Gasteiger partial charge in [0.2, 0.25) is 0 Å². The first-order chi connectivity index (χ1) is 9.25. The molecule has 0 aliphatic heterocycles. The summed E-state index contributed by atoms with van der Waals surface area (Å²) in [5.74, 6) is 0.651. The molecular formula is C15H19ClN2O. The monoisotopic (exact) mass is 278 g/mol. The average molecular weight is 279 g/mol. The standard InChI is InChI=1S/C15H19ClN2O/c16-12-6-7-13(18-10-17-9-14(12)18)15(19)8-11-4-2-1-3-5-11/h6-7,9-11,15,19H,1-5,8H2. The molecule has 1 aliphatic rings. The number of pyridine rings is 1. The predicted octanol–water partition coefficient (Wildman–Crippen LogP) is 3.99. The van der Waals surface area contributed by atoms with Gasteiger partial charge in [-0.05, 0) is 24.5 Å². The Morgan fingerprint density at radius 3 is 2.89 bits per heavy atom. The molecule has 1 aliphatic carbocycles. The van der Waals surface area contributed by atoms with Gasteiger partial charge in [0.25, 0.3) is 0 Å². The van der Waals surface area contributed by atoms with Crippen LogP contribution < -0.4 is 0 Å². The second-order valence-corrected chi connectivity index (χ2v) is 5.92. The summed E-state index contributed by atoms with van der Waals surface area (Å²) in [6.07, 6.45) is 10.3. The number of fused-ring (bicyclic) bond motifs is 1. The predicted molar refractivity (Wildman–Crippen MR) is 76.4 cm³/mol. The Kier molecular flexibility index (Phi) is 3.76. The average Bonchev–Trinajstić information content (AvgIpc) is 2.90. The van der Waals surface area contributed by atoms with Gasteiger partial charge < -0.3 is 5.11 Å². The molecule has 4 heteroatoms. The van der Waals surface area contributed by atoms with E-state index in [2.05, 4.69) is 4.98 Å². The van der Waals surface area contributed by atoms with E-state index in [1.807, 2.05) is 16.5 Å². The molecule has 1 N–H and O–H groups in total. The van der Waals surface area contributed by atoms with Gasteiger partial charge in [0.15, 0.2) is 0 Å². The summed E-state index contributed by atoms with van der Waals surface area (Å²) >= 11 is 6.12. The smallest absolute Gasteiger partial charge is 0.0995 e. The summed E-state index contributed by atoms with van der Waals surface area (Å²) in [5, 5.41) is 11.2. The van der Waals surface area contributed by atoms with Crippen molar-refractivity contribution in [3.8, 4) is 0 Å². The van der Waals surface area contributed by atoms with Gasteiger partial charge in [-0.1, -0.05) is 43.7 Å². The zero-order valence-corrected chi connectivity index (χ0v) is 11.7. The van der Waals surface area contributed by atoms with E-state index in [4.69, 9.17) is 11.6 Å². The van der Waals surface area contributed by atoms with Gasteiger partial charge in [-0.25, -0.2) is 4.98 Å². The lowest BCUT2D eigenvalue weighted by Crippen LogP contribution is -2.13. The molecule has 0 radical (unpaired) electrons. The van der Waals surface area contributed by atoms with Crippen LogP contribution in [-0.2, 0) is 0 Å². The molecule has 1 fully saturated rings. The molecule has 0 spiro atoms. The van der Waals surface area contributed by atoms with E-state index < -0.39 is 6.10 Å². The fourth-order valence-electron chi connectivity index (χ4n) is 3.13. The Bertz CT molecular complexity index is 560. The highest BCUT2D eigenvalue weighted by molar-refractivity contribution is 6.33. The molecule has 1 atom stereocenters. The third-order valence-corrected chi connectivity index (χ3v) is 4.50. The minimum atomic E-state index is -0.433. The molecule has 0 saturated heterocycles. The highest BCUT2D eigenvalue weighted by Crippen LogP contribution is 2.32. The SMILES string of the molecule is OC(CC1CCCCC1)c1ccc(Cl)c2cncn12. The quantitative estimate of drug-likeness (QED) is 0.922. The minimum absolute atomic E-state index is 0.433. The Hall–Kier alpha value is -1.06. The van der Waals surface area contributed by atoms with Crippen LogP contribution in [0.15, 0.2) is 24.7 Å². The first-order valence-electron chi connectivity index (χ1n) is 7.04. The lowest BCUT2D eigenvalue weighted by Gasteiger charge is -2.24. The number of hydrogen-bond donors (Lipinski definition) is 1. The molecule has 19 heavy (non-hydrogen) atoms. The lowest BCUT2D eigenvalue weighted by molar-refractivity contribution is 0.126.